The molecule has 0 saturated heterocycles. The number of aliphatic hydroxyl groups excluding tert-OH is 1. The van der Waals surface area contributed by atoms with E-state index in [9.17, 15) is 15.2 Å². The van der Waals surface area contributed by atoms with E-state index >= 15 is 0 Å². The molecular formula is C13H15N3O3S. The Labute approximate surface area is 119 Å². The van der Waals surface area contributed by atoms with Gasteiger partial charge in [-0.2, -0.15) is 0 Å². The summed E-state index contributed by atoms with van der Waals surface area (Å²) in [4.78, 5) is 17.3. The summed E-state index contributed by atoms with van der Waals surface area (Å²) in [5, 5.41) is 21.4. The molecule has 1 heterocycles. The first-order valence-electron chi connectivity index (χ1n) is 6.53. The van der Waals surface area contributed by atoms with E-state index < -0.39 is 0 Å². The van der Waals surface area contributed by atoms with Crippen LogP contribution in [0.15, 0.2) is 12.1 Å². The van der Waals surface area contributed by atoms with Crippen molar-refractivity contribution in [1.29, 1.82) is 0 Å². The number of benzene rings is 1. The van der Waals surface area contributed by atoms with Crippen molar-refractivity contribution >= 4 is 32.9 Å². The number of aryl methyl sites for hydroxylation is 1. The van der Waals surface area contributed by atoms with Gasteiger partial charge >= 0.3 is 0 Å². The molecule has 0 atom stereocenters. The monoisotopic (exact) mass is 293 g/mol. The maximum absolute atomic E-state index is 11.3. The molecule has 0 unspecified atom stereocenters. The van der Waals surface area contributed by atoms with E-state index in [1.807, 2.05) is 11.8 Å². The molecule has 106 valence electrons. The molecule has 1 aliphatic carbocycles. The Hall–Kier alpha value is -1.73. The van der Waals surface area contributed by atoms with E-state index in [0.29, 0.717) is 18.3 Å². The Morgan fingerprint density at radius 2 is 2.30 bits per heavy atom. The summed E-state index contributed by atoms with van der Waals surface area (Å²) in [6.07, 6.45) is 2.04. The lowest BCUT2D eigenvalue weighted by Gasteiger charge is -2.23. The molecule has 1 aliphatic rings. The smallest absolute Gasteiger partial charge is 0.294 e. The van der Waals surface area contributed by atoms with Gasteiger partial charge in [0, 0.05) is 18.7 Å². The van der Waals surface area contributed by atoms with Gasteiger partial charge in [0.05, 0.1) is 26.8 Å². The highest BCUT2D eigenvalue weighted by atomic mass is 32.1. The van der Waals surface area contributed by atoms with E-state index in [1.165, 1.54) is 11.3 Å². The van der Waals surface area contributed by atoms with Gasteiger partial charge in [-0.05, 0) is 25.8 Å². The first-order chi connectivity index (χ1) is 9.60. The second-order valence-electron chi connectivity index (χ2n) is 4.95. The van der Waals surface area contributed by atoms with E-state index in [1.54, 1.807) is 12.1 Å². The predicted molar refractivity (Wildman–Crippen MR) is 78.5 cm³/mol. The number of anilines is 1. The lowest BCUT2D eigenvalue weighted by Crippen LogP contribution is -2.29. The van der Waals surface area contributed by atoms with Gasteiger partial charge in [-0.15, -0.1) is 11.3 Å². The maximum atomic E-state index is 11.3. The van der Waals surface area contributed by atoms with E-state index in [4.69, 9.17) is 0 Å². The average molecular weight is 293 g/mol. The SMILES string of the molecule is Cc1nc2cc(N(CCO)C3CC3)c([N+](=O)[O-])cc2s1. The molecule has 1 aromatic carbocycles. The normalized spacial score (nSPS) is 14.7. The van der Waals surface area contributed by atoms with E-state index in [0.717, 1.165) is 28.1 Å². The van der Waals surface area contributed by atoms with Gasteiger partial charge in [0.1, 0.15) is 5.69 Å². The van der Waals surface area contributed by atoms with Gasteiger partial charge in [0.25, 0.3) is 5.69 Å². The van der Waals surface area contributed by atoms with Gasteiger partial charge in [0.15, 0.2) is 0 Å². The van der Waals surface area contributed by atoms with Crippen LogP contribution in [0.2, 0.25) is 0 Å². The third kappa shape index (κ3) is 2.34. The fourth-order valence-electron chi connectivity index (χ4n) is 2.44. The van der Waals surface area contributed by atoms with Crippen molar-refractivity contribution in [3.8, 4) is 0 Å². The van der Waals surface area contributed by atoms with Crippen LogP contribution in [0.4, 0.5) is 11.4 Å². The Morgan fingerprint density at radius 3 is 2.90 bits per heavy atom. The van der Waals surface area contributed by atoms with Crippen LogP contribution < -0.4 is 4.90 Å². The van der Waals surface area contributed by atoms with Crippen molar-refractivity contribution in [1.82, 2.24) is 4.98 Å². The van der Waals surface area contributed by atoms with Crippen LogP contribution in [0.1, 0.15) is 17.8 Å². The van der Waals surface area contributed by atoms with E-state index in [-0.39, 0.29) is 17.2 Å². The standard InChI is InChI=1S/C13H15N3O3S/c1-8-14-10-6-11(15(4-5-17)9-2-3-9)12(16(18)19)7-13(10)20-8/h6-7,9,17H,2-5H2,1H3. The third-order valence-electron chi connectivity index (χ3n) is 3.43. The largest absolute Gasteiger partial charge is 0.395 e. The summed E-state index contributed by atoms with van der Waals surface area (Å²) in [5.41, 5.74) is 1.46. The van der Waals surface area contributed by atoms with Crippen molar-refractivity contribution < 1.29 is 10.0 Å². The molecule has 1 N–H and O–H groups in total. The minimum atomic E-state index is -0.351. The molecule has 0 amide bonds. The molecule has 1 saturated carbocycles. The Morgan fingerprint density at radius 1 is 1.55 bits per heavy atom. The third-order valence-corrected chi connectivity index (χ3v) is 4.36. The first kappa shape index (κ1) is 13.3. The topological polar surface area (TPSA) is 79.5 Å². The number of aromatic nitrogens is 1. The van der Waals surface area contributed by atoms with Crippen molar-refractivity contribution in [2.75, 3.05) is 18.1 Å². The highest BCUT2D eigenvalue weighted by molar-refractivity contribution is 7.18. The average Bonchev–Trinajstić information content (AvgIpc) is 3.16. The molecule has 1 fully saturated rings. The van der Waals surface area contributed by atoms with Gasteiger partial charge in [-0.3, -0.25) is 10.1 Å². The predicted octanol–water partition coefficient (Wildman–Crippen LogP) is 2.47. The van der Waals surface area contributed by atoms with Crippen molar-refractivity contribution in [3.05, 3.63) is 27.3 Å². The highest BCUT2D eigenvalue weighted by Gasteiger charge is 2.33. The molecule has 1 aromatic heterocycles. The molecular weight excluding hydrogens is 278 g/mol. The lowest BCUT2D eigenvalue weighted by atomic mass is 10.2. The number of aliphatic hydroxyl groups is 1. The zero-order valence-electron chi connectivity index (χ0n) is 11.1. The fourth-order valence-corrected chi connectivity index (χ4v) is 3.28. The molecule has 0 radical (unpaired) electrons. The molecule has 0 aliphatic heterocycles. The number of nitro groups is 1. The van der Waals surface area contributed by atoms with Gasteiger partial charge in [-0.1, -0.05) is 0 Å². The molecule has 6 nitrogen and oxygen atoms in total. The Bertz CT molecular complexity index is 666. The Kier molecular flexibility index (Phi) is 3.31. The second kappa shape index (κ2) is 4.99. The number of nitrogens with zero attached hydrogens (tertiary/aromatic N) is 3. The van der Waals surface area contributed by atoms with Gasteiger partial charge in [0.2, 0.25) is 0 Å². The summed E-state index contributed by atoms with van der Waals surface area (Å²) in [7, 11) is 0. The number of nitro benzene ring substituents is 1. The molecule has 7 heteroatoms. The molecule has 2 aromatic rings. The number of hydrogen-bond donors (Lipinski definition) is 1. The summed E-state index contributed by atoms with van der Waals surface area (Å²) in [6.45, 7) is 2.30. The minimum absolute atomic E-state index is 0.0121. The van der Waals surface area contributed by atoms with Crippen LogP contribution in [-0.4, -0.2) is 34.2 Å². The van der Waals surface area contributed by atoms with Crippen LogP contribution in [0.5, 0.6) is 0 Å². The zero-order valence-corrected chi connectivity index (χ0v) is 11.9. The van der Waals surface area contributed by atoms with Crippen LogP contribution in [0.3, 0.4) is 0 Å². The maximum Gasteiger partial charge on any atom is 0.294 e. The molecule has 0 spiro atoms. The summed E-state index contributed by atoms with van der Waals surface area (Å²) in [5.74, 6) is 0. The first-order valence-corrected chi connectivity index (χ1v) is 7.35. The van der Waals surface area contributed by atoms with Crippen molar-refractivity contribution in [3.63, 3.8) is 0 Å². The highest BCUT2D eigenvalue weighted by Crippen LogP contribution is 2.40. The van der Waals surface area contributed by atoms with Crippen LogP contribution in [0.25, 0.3) is 10.2 Å². The van der Waals surface area contributed by atoms with Crippen LogP contribution in [0, 0.1) is 17.0 Å². The molecule has 0 bridgehead atoms. The second-order valence-corrected chi connectivity index (χ2v) is 6.18. The quantitative estimate of drug-likeness (QED) is 0.676. The van der Waals surface area contributed by atoms with Gasteiger partial charge < -0.3 is 10.0 Å². The number of thiazole rings is 1. The fraction of sp³-hybridized carbons (Fsp3) is 0.462. The molecule has 20 heavy (non-hydrogen) atoms. The minimum Gasteiger partial charge on any atom is -0.395 e. The van der Waals surface area contributed by atoms with Crippen molar-refractivity contribution in [2.45, 2.75) is 25.8 Å². The Balaban J connectivity index is 2.14. The number of fused-ring (bicyclic) bond motifs is 1. The number of hydrogen-bond acceptors (Lipinski definition) is 6. The lowest BCUT2D eigenvalue weighted by molar-refractivity contribution is -0.384. The van der Waals surface area contributed by atoms with E-state index in [2.05, 4.69) is 4.98 Å². The zero-order chi connectivity index (χ0) is 14.3. The number of rotatable bonds is 5. The summed E-state index contributed by atoms with van der Waals surface area (Å²) >= 11 is 1.46. The van der Waals surface area contributed by atoms with Crippen molar-refractivity contribution in [2.24, 2.45) is 0 Å². The van der Waals surface area contributed by atoms with Gasteiger partial charge in [-0.25, -0.2) is 4.98 Å². The van der Waals surface area contributed by atoms with Crippen LogP contribution in [-0.2, 0) is 0 Å². The summed E-state index contributed by atoms with van der Waals surface area (Å²) in [6, 6.07) is 3.69. The van der Waals surface area contributed by atoms with Crippen LogP contribution >= 0.6 is 11.3 Å². The molecule has 3 rings (SSSR count). The summed E-state index contributed by atoms with van der Waals surface area (Å²) < 4.78 is 0.831.